The lowest BCUT2D eigenvalue weighted by Crippen LogP contribution is -2.40. The Hall–Kier alpha value is -4.47. The van der Waals surface area contributed by atoms with Gasteiger partial charge in [-0.1, -0.05) is 69.7 Å². The number of furan rings is 1. The van der Waals surface area contributed by atoms with E-state index in [1.807, 2.05) is 97.9 Å². The quantitative estimate of drug-likeness (QED) is 0.227. The van der Waals surface area contributed by atoms with Crippen LogP contribution in [0.25, 0.3) is 17.4 Å². The van der Waals surface area contributed by atoms with Crippen LogP contribution in [0.2, 0.25) is 0 Å². The van der Waals surface area contributed by atoms with Crippen LogP contribution < -0.4 is 24.9 Å². The molecule has 210 valence electrons. The molecule has 9 heteroatoms. The van der Waals surface area contributed by atoms with Crippen molar-refractivity contribution in [2.24, 2.45) is 4.99 Å². The summed E-state index contributed by atoms with van der Waals surface area (Å²) >= 11 is 4.76. The molecule has 1 N–H and O–H groups in total. The van der Waals surface area contributed by atoms with Gasteiger partial charge in [0.2, 0.25) is 0 Å². The number of rotatable bonds is 7. The molecular weight excluding hydrogens is 614 g/mol. The van der Waals surface area contributed by atoms with E-state index in [1.165, 1.54) is 11.3 Å². The summed E-state index contributed by atoms with van der Waals surface area (Å²) in [7, 11) is 0. The first kappa shape index (κ1) is 27.7. The van der Waals surface area contributed by atoms with Crippen LogP contribution in [0.15, 0.2) is 121 Å². The normalized spacial score (nSPS) is 14.8. The number of nitrogens with zero attached hydrogens (tertiary/aromatic N) is 2. The maximum absolute atomic E-state index is 14.0. The van der Waals surface area contributed by atoms with E-state index in [2.05, 4.69) is 21.2 Å². The summed E-state index contributed by atoms with van der Waals surface area (Å²) in [5.41, 5.74) is 3.04. The molecule has 0 saturated heterocycles. The predicted molar refractivity (Wildman–Crippen MR) is 168 cm³/mol. The second-order valence-electron chi connectivity index (χ2n) is 9.62. The number of allylic oxidation sites excluding steroid dienone is 1. The third-order valence-electron chi connectivity index (χ3n) is 6.81. The lowest BCUT2D eigenvalue weighted by molar-refractivity contribution is -0.113. The fourth-order valence-corrected chi connectivity index (χ4v) is 6.34. The maximum atomic E-state index is 14.0. The highest BCUT2D eigenvalue weighted by atomic mass is 79.9. The van der Waals surface area contributed by atoms with E-state index in [9.17, 15) is 9.59 Å². The monoisotopic (exact) mass is 639 g/mol. The summed E-state index contributed by atoms with van der Waals surface area (Å²) in [5.74, 6) is 1.63. The topological polar surface area (TPSA) is 85.8 Å². The lowest BCUT2D eigenvalue weighted by atomic mass is 9.95. The Morgan fingerprint density at radius 1 is 1.07 bits per heavy atom. The van der Waals surface area contributed by atoms with E-state index in [-0.39, 0.29) is 11.5 Å². The number of nitrogens with one attached hydrogen (secondary N) is 1. The van der Waals surface area contributed by atoms with Gasteiger partial charge in [-0.25, -0.2) is 4.99 Å². The van der Waals surface area contributed by atoms with Crippen molar-refractivity contribution in [1.82, 2.24) is 4.57 Å². The van der Waals surface area contributed by atoms with Crippen LogP contribution in [0, 0.1) is 0 Å². The number of fused-ring (bicyclic) bond motifs is 1. The van der Waals surface area contributed by atoms with Gasteiger partial charge in [-0.05, 0) is 67.9 Å². The molecule has 0 spiro atoms. The van der Waals surface area contributed by atoms with Crippen LogP contribution in [0.5, 0.6) is 5.75 Å². The number of benzene rings is 3. The van der Waals surface area contributed by atoms with E-state index < -0.39 is 6.04 Å². The molecule has 6 rings (SSSR count). The number of halogens is 1. The highest BCUT2D eigenvalue weighted by Gasteiger charge is 2.32. The number of para-hydroxylation sites is 1. The number of carbonyl (C=O) groups excluding carboxylic acids is 1. The van der Waals surface area contributed by atoms with Crippen LogP contribution in [0.1, 0.15) is 31.2 Å². The van der Waals surface area contributed by atoms with Gasteiger partial charge in [0.25, 0.3) is 11.5 Å². The highest BCUT2D eigenvalue weighted by molar-refractivity contribution is 9.10. The number of ether oxygens (including phenoxy) is 1. The number of amides is 1. The van der Waals surface area contributed by atoms with E-state index in [4.69, 9.17) is 14.1 Å². The minimum absolute atomic E-state index is 0.254. The van der Waals surface area contributed by atoms with Crippen LogP contribution in [0.3, 0.4) is 0 Å². The van der Waals surface area contributed by atoms with Crippen molar-refractivity contribution in [2.45, 2.75) is 19.9 Å². The Labute approximate surface area is 254 Å². The number of carbonyl (C=O) groups is 1. The molecule has 1 amide bonds. The fourth-order valence-electron chi connectivity index (χ4n) is 4.92. The molecule has 2 aromatic heterocycles. The third-order valence-corrected chi connectivity index (χ3v) is 8.29. The average Bonchev–Trinajstić information content (AvgIpc) is 3.57. The molecule has 0 radical (unpaired) electrons. The van der Waals surface area contributed by atoms with Gasteiger partial charge in [-0.2, -0.15) is 0 Å². The Bertz CT molecular complexity index is 1990. The maximum Gasteiger partial charge on any atom is 0.271 e. The Morgan fingerprint density at radius 3 is 2.60 bits per heavy atom. The predicted octanol–water partition coefficient (Wildman–Crippen LogP) is 6.30. The van der Waals surface area contributed by atoms with Crippen LogP contribution in [-0.2, 0) is 4.79 Å². The number of anilines is 1. The van der Waals surface area contributed by atoms with Gasteiger partial charge >= 0.3 is 0 Å². The van der Waals surface area contributed by atoms with E-state index in [1.54, 1.807) is 17.6 Å². The molecule has 3 aromatic carbocycles. The zero-order chi connectivity index (χ0) is 29.2. The molecule has 1 aliphatic heterocycles. The van der Waals surface area contributed by atoms with Gasteiger partial charge in [0.05, 0.1) is 28.5 Å². The largest absolute Gasteiger partial charge is 0.494 e. The van der Waals surface area contributed by atoms with Crippen LogP contribution >= 0.6 is 27.3 Å². The molecule has 1 atom stereocenters. The molecule has 0 fully saturated rings. The molecular formula is C33H26BrN3O4S. The summed E-state index contributed by atoms with van der Waals surface area (Å²) in [4.78, 5) is 32.9. The van der Waals surface area contributed by atoms with E-state index >= 15 is 0 Å². The molecule has 0 unspecified atom stereocenters. The number of aromatic nitrogens is 1. The van der Waals surface area contributed by atoms with Gasteiger partial charge in [-0.15, -0.1) is 0 Å². The Balaban J connectivity index is 1.44. The lowest BCUT2D eigenvalue weighted by Gasteiger charge is -2.25. The zero-order valence-corrected chi connectivity index (χ0v) is 25.2. The first-order chi connectivity index (χ1) is 20.4. The number of thiazole rings is 1. The SMILES string of the molecule is CCOc1ccc([C@@H]2C(C(=O)Nc3ccccc3)=C(C)N=c3s/c(=C\c4ccc(-c5cccc(Br)c5)o4)c(=O)n32)cc1. The minimum atomic E-state index is -0.684. The summed E-state index contributed by atoms with van der Waals surface area (Å²) in [5, 5.41) is 2.97. The van der Waals surface area contributed by atoms with Gasteiger partial charge in [-0.3, -0.25) is 14.2 Å². The smallest absolute Gasteiger partial charge is 0.271 e. The second-order valence-corrected chi connectivity index (χ2v) is 11.5. The molecule has 0 saturated carbocycles. The van der Waals surface area contributed by atoms with Crippen molar-refractivity contribution < 1.29 is 13.9 Å². The molecule has 0 bridgehead atoms. The average molecular weight is 641 g/mol. The summed E-state index contributed by atoms with van der Waals surface area (Å²) < 4.78 is 14.7. The highest BCUT2D eigenvalue weighted by Crippen LogP contribution is 2.32. The standard InChI is InChI=1S/C33H26BrN3O4S/c1-3-40-25-14-12-21(13-15-25)30-29(31(38)36-24-10-5-4-6-11-24)20(2)35-33-37(30)32(39)28(42-33)19-26-16-17-27(41-26)22-8-7-9-23(34)18-22/h4-19,30H,3H2,1-2H3,(H,36,38)/b28-19-/t30-/m1/s1. The second kappa shape index (κ2) is 11.8. The molecule has 7 nitrogen and oxygen atoms in total. The Kier molecular flexibility index (Phi) is 7.78. The molecule has 1 aliphatic rings. The first-order valence-corrected chi connectivity index (χ1v) is 15.0. The molecule has 5 aromatic rings. The third kappa shape index (κ3) is 5.53. The van der Waals surface area contributed by atoms with Crippen molar-refractivity contribution in [3.63, 3.8) is 0 Å². The number of hydrogen-bond acceptors (Lipinski definition) is 6. The van der Waals surface area contributed by atoms with Gasteiger partial charge in [0, 0.05) is 21.8 Å². The summed E-state index contributed by atoms with van der Waals surface area (Å²) in [6, 6.07) is 27.6. The Morgan fingerprint density at radius 2 is 1.86 bits per heavy atom. The van der Waals surface area contributed by atoms with Gasteiger partial charge in [0.15, 0.2) is 4.80 Å². The van der Waals surface area contributed by atoms with Crippen molar-refractivity contribution in [3.05, 3.63) is 138 Å². The van der Waals surface area contributed by atoms with Crippen LogP contribution in [0.4, 0.5) is 5.69 Å². The van der Waals surface area contributed by atoms with Crippen molar-refractivity contribution >= 4 is 44.9 Å². The van der Waals surface area contributed by atoms with Gasteiger partial charge < -0.3 is 14.5 Å². The molecule has 42 heavy (non-hydrogen) atoms. The van der Waals surface area contributed by atoms with Gasteiger partial charge in [0.1, 0.15) is 17.3 Å². The summed E-state index contributed by atoms with van der Waals surface area (Å²) in [6.45, 7) is 4.26. The molecule has 3 heterocycles. The summed E-state index contributed by atoms with van der Waals surface area (Å²) in [6.07, 6.45) is 1.73. The zero-order valence-electron chi connectivity index (χ0n) is 22.8. The fraction of sp³-hybridized carbons (Fsp3) is 0.121. The van der Waals surface area contributed by atoms with Crippen molar-refractivity contribution in [2.75, 3.05) is 11.9 Å². The van der Waals surface area contributed by atoms with E-state index in [0.717, 1.165) is 15.6 Å². The minimum Gasteiger partial charge on any atom is -0.494 e. The molecule has 0 aliphatic carbocycles. The van der Waals surface area contributed by atoms with Crippen molar-refractivity contribution in [3.8, 4) is 17.1 Å². The first-order valence-electron chi connectivity index (χ1n) is 13.4. The van der Waals surface area contributed by atoms with E-state index in [0.29, 0.717) is 50.2 Å². The van der Waals surface area contributed by atoms with Crippen molar-refractivity contribution in [1.29, 1.82) is 0 Å². The number of hydrogen-bond donors (Lipinski definition) is 1. The van der Waals surface area contributed by atoms with Crippen LogP contribution in [-0.4, -0.2) is 17.1 Å².